The first-order chi connectivity index (χ1) is 13.2. The second-order valence-corrected chi connectivity index (χ2v) is 7.96. The van der Waals surface area contributed by atoms with Gasteiger partial charge < -0.3 is 10.1 Å². The van der Waals surface area contributed by atoms with E-state index >= 15 is 0 Å². The molecule has 0 radical (unpaired) electrons. The first-order valence-corrected chi connectivity index (χ1v) is 10.0. The van der Waals surface area contributed by atoms with Crippen LogP contribution < -0.4 is 14.8 Å². The maximum atomic E-state index is 14.0. The number of hydrogen-bond donors (Lipinski definition) is 2. The van der Waals surface area contributed by atoms with E-state index in [-0.39, 0.29) is 12.1 Å². The normalized spacial score (nSPS) is 12.3. The summed E-state index contributed by atoms with van der Waals surface area (Å²) in [6.45, 7) is 7.06. The average Bonchev–Trinajstić information content (AvgIpc) is 2.66. The lowest BCUT2D eigenvalue weighted by Gasteiger charge is -2.18. The van der Waals surface area contributed by atoms with Gasteiger partial charge in [0.25, 0.3) is 5.91 Å². The number of carbonyl (C=O) groups excluding carboxylic acids is 1. The quantitative estimate of drug-likeness (QED) is 0.660. The molecule has 8 heteroatoms. The molecule has 2 rings (SSSR count). The number of sulfonamides is 1. The third-order valence-electron chi connectivity index (χ3n) is 4.10. The molecule has 0 heterocycles. The Balaban J connectivity index is 2.29. The summed E-state index contributed by atoms with van der Waals surface area (Å²) in [6.07, 6.45) is 1.34. The lowest BCUT2D eigenvalue weighted by atomic mass is 10.0. The van der Waals surface area contributed by atoms with Crippen LogP contribution in [0.5, 0.6) is 5.75 Å². The van der Waals surface area contributed by atoms with Gasteiger partial charge in [0.2, 0.25) is 10.0 Å². The smallest absolute Gasteiger partial charge is 0.251 e. The van der Waals surface area contributed by atoms with Crippen LogP contribution in [0.15, 0.2) is 53.9 Å². The summed E-state index contributed by atoms with van der Waals surface area (Å²) in [5.41, 5.74) is 1.80. The topological polar surface area (TPSA) is 84.5 Å². The van der Waals surface area contributed by atoms with E-state index in [1.165, 1.54) is 19.3 Å². The van der Waals surface area contributed by atoms with E-state index in [1.807, 2.05) is 19.1 Å². The van der Waals surface area contributed by atoms with Gasteiger partial charge in [0.1, 0.15) is 16.5 Å². The maximum Gasteiger partial charge on any atom is 0.251 e. The van der Waals surface area contributed by atoms with Crippen molar-refractivity contribution >= 4 is 15.9 Å². The second-order valence-electron chi connectivity index (χ2n) is 6.23. The second kappa shape index (κ2) is 8.99. The van der Waals surface area contributed by atoms with E-state index in [9.17, 15) is 17.6 Å². The maximum absolute atomic E-state index is 14.0. The number of benzene rings is 2. The minimum atomic E-state index is -4.10. The van der Waals surface area contributed by atoms with Crippen LogP contribution in [0.2, 0.25) is 0 Å². The highest BCUT2D eigenvalue weighted by atomic mass is 32.2. The Morgan fingerprint density at radius 1 is 1.29 bits per heavy atom. The molecule has 150 valence electrons. The Hall–Kier alpha value is -2.71. The van der Waals surface area contributed by atoms with Gasteiger partial charge >= 0.3 is 0 Å². The Bertz CT molecular complexity index is 990. The molecule has 0 spiro atoms. The van der Waals surface area contributed by atoms with Crippen molar-refractivity contribution in [2.75, 3.05) is 13.7 Å². The SMILES string of the molecule is C=CCNS(=O)(=O)c1cc(C(=O)NC(C)c2cc(C)ccc2OC)ccc1F. The third kappa shape index (κ3) is 4.96. The van der Waals surface area contributed by atoms with Gasteiger partial charge in [-0.3, -0.25) is 4.79 Å². The molecule has 0 bridgehead atoms. The molecule has 2 N–H and O–H groups in total. The summed E-state index contributed by atoms with van der Waals surface area (Å²) >= 11 is 0. The molecule has 6 nitrogen and oxygen atoms in total. The fourth-order valence-electron chi connectivity index (χ4n) is 2.65. The highest BCUT2D eigenvalue weighted by molar-refractivity contribution is 7.89. The Morgan fingerprint density at radius 2 is 2.00 bits per heavy atom. The molecule has 1 atom stereocenters. The summed E-state index contributed by atoms with van der Waals surface area (Å²) in [5.74, 6) is -0.854. The molecule has 28 heavy (non-hydrogen) atoms. The zero-order valence-corrected chi connectivity index (χ0v) is 16.8. The summed E-state index contributed by atoms with van der Waals surface area (Å²) in [5, 5.41) is 2.78. The van der Waals surface area contributed by atoms with Gasteiger partial charge in [-0.15, -0.1) is 6.58 Å². The minimum Gasteiger partial charge on any atom is -0.496 e. The number of halogens is 1. The molecule has 2 aromatic carbocycles. The van der Waals surface area contributed by atoms with E-state index < -0.39 is 32.7 Å². The molecule has 1 unspecified atom stereocenters. The average molecular weight is 406 g/mol. The van der Waals surface area contributed by atoms with Crippen molar-refractivity contribution in [3.63, 3.8) is 0 Å². The molecule has 0 saturated carbocycles. The zero-order valence-electron chi connectivity index (χ0n) is 16.0. The number of aryl methyl sites for hydroxylation is 1. The summed E-state index contributed by atoms with van der Waals surface area (Å²) in [7, 11) is -2.56. The summed E-state index contributed by atoms with van der Waals surface area (Å²) in [4.78, 5) is 12.0. The van der Waals surface area contributed by atoms with Gasteiger partial charge in [-0.05, 0) is 38.1 Å². The van der Waals surface area contributed by atoms with Gasteiger partial charge in [-0.1, -0.05) is 23.8 Å². The standard InChI is InChI=1S/C20H23FN2O4S/c1-5-10-22-28(25,26)19-12-15(7-8-17(19)21)20(24)23-14(3)16-11-13(2)6-9-18(16)27-4/h5-9,11-12,14,22H,1,10H2,2-4H3,(H,23,24). The van der Waals surface area contributed by atoms with Crippen LogP contribution in [0.3, 0.4) is 0 Å². The van der Waals surface area contributed by atoms with Crippen LogP contribution in [0.4, 0.5) is 4.39 Å². The number of ether oxygens (including phenoxy) is 1. The summed E-state index contributed by atoms with van der Waals surface area (Å²) in [6, 6.07) is 8.38. The highest BCUT2D eigenvalue weighted by Crippen LogP contribution is 2.26. The largest absolute Gasteiger partial charge is 0.496 e. The van der Waals surface area contributed by atoms with Gasteiger partial charge in [0.15, 0.2) is 0 Å². The highest BCUT2D eigenvalue weighted by Gasteiger charge is 2.22. The van der Waals surface area contributed by atoms with Crippen molar-refractivity contribution in [3.8, 4) is 5.75 Å². The van der Waals surface area contributed by atoms with Gasteiger partial charge in [-0.2, -0.15) is 0 Å². The first kappa shape index (κ1) is 21.6. The Labute approximate surface area is 164 Å². The van der Waals surface area contributed by atoms with Crippen LogP contribution >= 0.6 is 0 Å². The van der Waals surface area contributed by atoms with E-state index in [0.29, 0.717) is 5.75 Å². The number of rotatable bonds is 8. The fourth-order valence-corrected chi connectivity index (χ4v) is 3.75. The van der Waals surface area contributed by atoms with Crippen molar-refractivity contribution in [2.24, 2.45) is 0 Å². The third-order valence-corrected chi connectivity index (χ3v) is 5.54. The predicted octanol–water partition coefficient (Wildman–Crippen LogP) is 3.10. The van der Waals surface area contributed by atoms with E-state index in [0.717, 1.165) is 23.3 Å². The monoisotopic (exact) mass is 406 g/mol. The van der Waals surface area contributed by atoms with Crippen molar-refractivity contribution in [3.05, 3.63) is 71.6 Å². The molecule has 0 saturated heterocycles. The van der Waals surface area contributed by atoms with Gasteiger partial charge in [-0.25, -0.2) is 17.5 Å². The fraction of sp³-hybridized carbons (Fsp3) is 0.250. The molecule has 0 fully saturated rings. The molecule has 0 aliphatic heterocycles. The Morgan fingerprint density at radius 3 is 2.64 bits per heavy atom. The molecule has 2 aromatic rings. The van der Waals surface area contributed by atoms with Crippen molar-refractivity contribution in [2.45, 2.75) is 24.8 Å². The van der Waals surface area contributed by atoms with Gasteiger partial charge in [0, 0.05) is 17.7 Å². The van der Waals surface area contributed by atoms with Crippen LogP contribution in [0.25, 0.3) is 0 Å². The van der Waals surface area contributed by atoms with E-state index in [4.69, 9.17) is 4.74 Å². The number of nitrogens with one attached hydrogen (secondary N) is 2. The summed E-state index contributed by atoms with van der Waals surface area (Å²) < 4.78 is 46.0. The molecule has 0 aromatic heterocycles. The van der Waals surface area contributed by atoms with Crippen molar-refractivity contribution in [1.29, 1.82) is 0 Å². The molecule has 0 aliphatic carbocycles. The lowest BCUT2D eigenvalue weighted by molar-refractivity contribution is 0.0939. The number of amides is 1. The zero-order chi connectivity index (χ0) is 20.9. The van der Waals surface area contributed by atoms with Crippen molar-refractivity contribution in [1.82, 2.24) is 10.0 Å². The molecular formula is C20H23FN2O4S. The first-order valence-electron chi connectivity index (χ1n) is 8.55. The molecule has 1 amide bonds. The van der Waals surface area contributed by atoms with Crippen LogP contribution in [-0.2, 0) is 10.0 Å². The predicted molar refractivity (Wildman–Crippen MR) is 105 cm³/mol. The molecule has 0 aliphatic rings. The van der Waals surface area contributed by atoms with Gasteiger partial charge in [0.05, 0.1) is 13.2 Å². The van der Waals surface area contributed by atoms with Crippen LogP contribution in [0, 0.1) is 12.7 Å². The number of methoxy groups -OCH3 is 1. The van der Waals surface area contributed by atoms with E-state index in [2.05, 4.69) is 16.6 Å². The molecular weight excluding hydrogens is 383 g/mol. The Kier molecular flexibility index (Phi) is 6.93. The lowest BCUT2D eigenvalue weighted by Crippen LogP contribution is -2.28. The van der Waals surface area contributed by atoms with Crippen LogP contribution in [-0.4, -0.2) is 28.0 Å². The minimum absolute atomic E-state index is 0.0267. The number of carbonyl (C=O) groups is 1. The van der Waals surface area contributed by atoms with Crippen molar-refractivity contribution < 1.29 is 22.3 Å². The van der Waals surface area contributed by atoms with Crippen LogP contribution in [0.1, 0.15) is 34.5 Å². The number of hydrogen-bond acceptors (Lipinski definition) is 4. The van der Waals surface area contributed by atoms with E-state index in [1.54, 1.807) is 13.0 Å².